The summed E-state index contributed by atoms with van der Waals surface area (Å²) in [6.07, 6.45) is 6.56. The first-order valence-corrected chi connectivity index (χ1v) is 9.87. The molecule has 0 aliphatic carbocycles. The third kappa shape index (κ3) is 6.63. The van der Waals surface area contributed by atoms with E-state index in [9.17, 15) is 0 Å². The van der Waals surface area contributed by atoms with Gasteiger partial charge in [0.2, 0.25) is 0 Å². The number of hydrogen-bond donors (Lipinski definition) is 0. The molecule has 138 valence electrons. The molecule has 0 amide bonds. The highest BCUT2D eigenvalue weighted by atomic mass is 14.7. The zero-order chi connectivity index (χ0) is 18.9. The first kappa shape index (κ1) is 20.2. The second kappa shape index (κ2) is 10.1. The fourth-order valence-electron chi connectivity index (χ4n) is 2.70. The van der Waals surface area contributed by atoms with Crippen molar-refractivity contribution in [2.75, 3.05) is 0 Å². The molecule has 0 N–H and O–H groups in total. The van der Waals surface area contributed by atoms with Gasteiger partial charge in [-0.05, 0) is 59.9 Å². The highest BCUT2D eigenvalue weighted by molar-refractivity contribution is 5.81. The van der Waals surface area contributed by atoms with E-state index in [1.165, 1.54) is 29.5 Å². The number of allylic oxidation sites excluding steroid dienone is 1. The molecule has 0 aromatic heterocycles. The fraction of sp³-hybridized carbons (Fsp3) is 0.400. The van der Waals surface area contributed by atoms with Gasteiger partial charge in [-0.25, -0.2) is 0 Å². The van der Waals surface area contributed by atoms with Gasteiger partial charge in [-0.2, -0.15) is 0 Å². The Morgan fingerprint density at radius 1 is 0.962 bits per heavy atom. The molecule has 1 atom stereocenters. The van der Waals surface area contributed by atoms with E-state index in [-0.39, 0.29) is 0 Å². The van der Waals surface area contributed by atoms with Crippen LogP contribution in [0.1, 0.15) is 57.2 Å². The molecule has 0 heterocycles. The quantitative estimate of drug-likeness (QED) is 0.337. The number of nitrogens with zero attached hydrogens (tertiary/aromatic N) is 1. The van der Waals surface area contributed by atoms with Crippen molar-refractivity contribution in [2.45, 2.75) is 53.4 Å². The van der Waals surface area contributed by atoms with Crippen LogP contribution in [-0.4, -0.2) is 6.21 Å². The average Bonchev–Trinajstić information content (AvgIpc) is 2.66. The van der Waals surface area contributed by atoms with Gasteiger partial charge in [0.05, 0.1) is 5.69 Å². The SMILES string of the molecule is C=C(Cc1ccc(C=Nc2ccc(CCC(C)CC)cc2)cc1)C(C)C. The third-order valence-electron chi connectivity index (χ3n) is 5.15. The lowest BCUT2D eigenvalue weighted by atomic mass is 9.97. The summed E-state index contributed by atoms with van der Waals surface area (Å²) in [5.41, 5.74) is 6.13. The lowest BCUT2D eigenvalue weighted by molar-refractivity contribution is 0.516. The summed E-state index contributed by atoms with van der Waals surface area (Å²) < 4.78 is 0. The van der Waals surface area contributed by atoms with Crippen molar-refractivity contribution in [3.8, 4) is 0 Å². The molecule has 26 heavy (non-hydrogen) atoms. The smallest absolute Gasteiger partial charge is 0.0630 e. The van der Waals surface area contributed by atoms with Crippen LogP contribution in [0.15, 0.2) is 65.7 Å². The van der Waals surface area contributed by atoms with Gasteiger partial charge in [0, 0.05) is 6.21 Å². The van der Waals surface area contributed by atoms with Crippen LogP contribution in [-0.2, 0) is 12.8 Å². The second-order valence-corrected chi connectivity index (χ2v) is 7.71. The third-order valence-corrected chi connectivity index (χ3v) is 5.15. The van der Waals surface area contributed by atoms with Crippen LogP contribution in [0.2, 0.25) is 0 Å². The molecule has 0 saturated heterocycles. The Hall–Kier alpha value is -2.15. The van der Waals surface area contributed by atoms with E-state index in [1.807, 2.05) is 6.21 Å². The maximum absolute atomic E-state index is 4.61. The summed E-state index contributed by atoms with van der Waals surface area (Å²) in [6, 6.07) is 17.2. The molecule has 0 bridgehead atoms. The first-order valence-electron chi connectivity index (χ1n) is 9.87. The molecule has 2 aromatic carbocycles. The minimum absolute atomic E-state index is 0.532. The van der Waals surface area contributed by atoms with Crippen molar-refractivity contribution in [3.05, 3.63) is 77.4 Å². The van der Waals surface area contributed by atoms with Crippen molar-refractivity contribution >= 4 is 11.9 Å². The van der Waals surface area contributed by atoms with Gasteiger partial charge < -0.3 is 0 Å². The van der Waals surface area contributed by atoms with Crippen LogP contribution in [0.5, 0.6) is 0 Å². The molecule has 0 aliphatic rings. The average molecular weight is 348 g/mol. The number of rotatable bonds is 9. The zero-order valence-corrected chi connectivity index (χ0v) is 16.8. The molecule has 0 saturated carbocycles. The van der Waals surface area contributed by atoms with Crippen LogP contribution in [0.25, 0.3) is 0 Å². The van der Waals surface area contributed by atoms with Crippen LogP contribution in [0.3, 0.4) is 0 Å². The van der Waals surface area contributed by atoms with E-state index in [4.69, 9.17) is 0 Å². The van der Waals surface area contributed by atoms with Gasteiger partial charge in [0.15, 0.2) is 0 Å². The molecule has 0 fully saturated rings. The van der Waals surface area contributed by atoms with Crippen molar-refractivity contribution in [1.29, 1.82) is 0 Å². The molecule has 2 rings (SSSR count). The highest BCUT2D eigenvalue weighted by Gasteiger charge is 2.02. The van der Waals surface area contributed by atoms with Crippen molar-refractivity contribution in [1.82, 2.24) is 0 Å². The summed E-state index contributed by atoms with van der Waals surface area (Å²) in [7, 11) is 0. The van der Waals surface area contributed by atoms with E-state index >= 15 is 0 Å². The maximum atomic E-state index is 4.61. The van der Waals surface area contributed by atoms with Gasteiger partial charge in [-0.3, -0.25) is 4.99 Å². The van der Waals surface area contributed by atoms with Gasteiger partial charge in [0.25, 0.3) is 0 Å². The van der Waals surface area contributed by atoms with Gasteiger partial charge >= 0.3 is 0 Å². The Kier molecular flexibility index (Phi) is 7.84. The molecule has 0 radical (unpaired) electrons. The molecule has 0 spiro atoms. The maximum Gasteiger partial charge on any atom is 0.0630 e. The fourth-order valence-corrected chi connectivity index (χ4v) is 2.70. The second-order valence-electron chi connectivity index (χ2n) is 7.71. The minimum Gasteiger partial charge on any atom is -0.256 e. The van der Waals surface area contributed by atoms with Crippen LogP contribution < -0.4 is 0 Å². The normalized spacial score (nSPS) is 12.7. The molecule has 0 aliphatic heterocycles. The monoisotopic (exact) mass is 347 g/mol. The molecule has 1 unspecified atom stereocenters. The number of aliphatic imine (C=N–C) groups is 1. The summed E-state index contributed by atoms with van der Waals surface area (Å²) >= 11 is 0. The number of hydrogen-bond acceptors (Lipinski definition) is 1. The topological polar surface area (TPSA) is 12.4 Å². The van der Waals surface area contributed by atoms with Crippen molar-refractivity contribution in [2.24, 2.45) is 16.8 Å². The Bertz CT molecular complexity index is 705. The predicted octanol–water partition coefficient (Wildman–Crippen LogP) is 7.17. The lowest BCUT2D eigenvalue weighted by Crippen LogP contribution is -1.97. The standard InChI is InChI=1S/C25H33N/c1-6-20(4)7-8-22-13-15-25(16-14-22)26-18-24-11-9-23(10-12-24)17-21(5)19(2)3/h9-16,18-20H,5-8,17H2,1-4H3. The highest BCUT2D eigenvalue weighted by Crippen LogP contribution is 2.18. The van der Waals surface area contributed by atoms with E-state index in [0.29, 0.717) is 5.92 Å². The van der Waals surface area contributed by atoms with Gasteiger partial charge in [0.1, 0.15) is 0 Å². The number of aryl methyl sites for hydroxylation is 1. The Morgan fingerprint density at radius 2 is 1.58 bits per heavy atom. The summed E-state index contributed by atoms with van der Waals surface area (Å²) in [5.74, 6) is 1.33. The Morgan fingerprint density at radius 3 is 2.15 bits per heavy atom. The van der Waals surface area contributed by atoms with E-state index in [2.05, 4.69) is 87.8 Å². The Balaban J connectivity index is 1.91. The molecular weight excluding hydrogens is 314 g/mol. The Labute approximate surface area is 159 Å². The van der Waals surface area contributed by atoms with E-state index in [1.54, 1.807) is 0 Å². The van der Waals surface area contributed by atoms with Crippen molar-refractivity contribution in [3.63, 3.8) is 0 Å². The number of benzene rings is 2. The van der Waals surface area contributed by atoms with Crippen LogP contribution in [0.4, 0.5) is 5.69 Å². The van der Waals surface area contributed by atoms with Gasteiger partial charge in [-0.15, -0.1) is 0 Å². The minimum atomic E-state index is 0.532. The zero-order valence-electron chi connectivity index (χ0n) is 16.8. The van der Waals surface area contributed by atoms with Crippen LogP contribution >= 0.6 is 0 Å². The van der Waals surface area contributed by atoms with E-state index < -0.39 is 0 Å². The van der Waals surface area contributed by atoms with Crippen LogP contribution in [0, 0.1) is 11.8 Å². The summed E-state index contributed by atoms with van der Waals surface area (Å²) in [4.78, 5) is 4.61. The van der Waals surface area contributed by atoms with E-state index in [0.717, 1.165) is 30.0 Å². The summed E-state index contributed by atoms with van der Waals surface area (Å²) in [6.45, 7) is 13.1. The molecular formula is C25H33N. The van der Waals surface area contributed by atoms with Gasteiger partial charge in [-0.1, -0.05) is 82.7 Å². The first-order chi connectivity index (χ1) is 12.5. The van der Waals surface area contributed by atoms with Crippen molar-refractivity contribution < 1.29 is 0 Å². The summed E-state index contributed by atoms with van der Waals surface area (Å²) in [5, 5.41) is 0. The lowest BCUT2D eigenvalue weighted by Gasteiger charge is -2.09. The largest absolute Gasteiger partial charge is 0.256 e. The molecule has 2 aromatic rings. The molecule has 1 heteroatoms. The molecule has 1 nitrogen and oxygen atoms in total. The predicted molar refractivity (Wildman–Crippen MR) is 116 cm³/mol.